The van der Waals surface area contributed by atoms with E-state index in [1.807, 2.05) is 0 Å². The van der Waals surface area contributed by atoms with Gasteiger partial charge in [-0.3, -0.25) is 0 Å². The normalized spacial score (nSPS) is 20.1. The summed E-state index contributed by atoms with van der Waals surface area (Å²) in [6.45, 7) is 14.7. The van der Waals surface area contributed by atoms with Crippen molar-refractivity contribution in [2.24, 2.45) is 11.3 Å². The van der Waals surface area contributed by atoms with E-state index in [4.69, 9.17) is 0 Å². The summed E-state index contributed by atoms with van der Waals surface area (Å²) in [6.07, 6.45) is 5.22. The largest absolute Gasteiger partial charge is 0.0879 e. The van der Waals surface area contributed by atoms with Crippen molar-refractivity contribution in [1.82, 2.24) is 0 Å². The molecule has 1 aliphatic carbocycles. The highest BCUT2D eigenvalue weighted by Crippen LogP contribution is 2.46. The smallest absolute Gasteiger partial charge is 0.0796 e. The molecule has 0 amide bonds. The Morgan fingerprint density at radius 3 is 2.10 bits per heavy atom. The number of allylic oxidation sites excluding steroid dienone is 2. The number of hydrogen-bond donors (Lipinski definition) is 0. The maximum Gasteiger partial charge on any atom is 0.0879 e. The Labute approximate surface area is 126 Å². The molecule has 0 aliphatic heterocycles. The maximum absolute atomic E-state index is 2.59. The van der Waals surface area contributed by atoms with E-state index in [0.717, 1.165) is 11.5 Å². The van der Waals surface area contributed by atoms with Gasteiger partial charge in [0.1, 0.15) is 0 Å². The van der Waals surface area contributed by atoms with E-state index in [1.54, 1.807) is 10.8 Å². The quantitative estimate of drug-likeness (QED) is 0.515. The van der Waals surface area contributed by atoms with E-state index < -0.39 is 8.07 Å². The van der Waals surface area contributed by atoms with Gasteiger partial charge >= 0.3 is 0 Å². The number of hydrogen-bond acceptors (Lipinski definition) is 0. The van der Waals surface area contributed by atoms with Crippen molar-refractivity contribution >= 4 is 13.3 Å². The lowest BCUT2D eigenvalue weighted by Gasteiger charge is -2.37. The van der Waals surface area contributed by atoms with Gasteiger partial charge in [0.25, 0.3) is 0 Å². The summed E-state index contributed by atoms with van der Waals surface area (Å²) in [5, 5.41) is 1.60. The van der Waals surface area contributed by atoms with Gasteiger partial charge in [0.05, 0.1) is 8.07 Å². The fourth-order valence-electron chi connectivity index (χ4n) is 4.13. The molecular weight excluding hydrogens is 256 g/mol. The monoisotopic (exact) mass is 286 g/mol. The van der Waals surface area contributed by atoms with Crippen molar-refractivity contribution in [3.05, 3.63) is 42.0 Å². The second kappa shape index (κ2) is 5.52. The molecule has 20 heavy (non-hydrogen) atoms. The number of benzene rings is 1. The Kier molecular flexibility index (Phi) is 4.29. The minimum absolute atomic E-state index is 0.406. The summed E-state index contributed by atoms with van der Waals surface area (Å²) in [5.74, 6) is 0.733. The lowest BCUT2D eigenvalue weighted by molar-refractivity contribution is 0.469. The van der Waals surface area contributed by atoms with Crippen molar-refractivity contribution in [2.75, 3.05) is 0 Å². The van der Waals surface area contributed by atoms with Gasteiger partial charge in [-0.1, -0.05) is 88.0 Å². The van der Waals surface area contributed by atoms with Crippen LogP contribution in [-0.4, -0.2) is 8.07 Å². The highest BCUT2D eigenvalue weighted by atomic mass is 28.3. The molecule has 1 aliphatic rings. The van der Waals surface area contributed by atoms with Crippen molar-refractivity contribution < 1.29 is 0 Å². The van der Waals surface area contributed by atoms with Crippen LogP contribution in [0.1, 0.15) is 40.5 Å². The molecule has 110 valence electrons. The van der Waals surface area contributed by atoms with Crippen LogP contribution in [0.3, 0.4) is 0 Å². The molecule has 0 saturated heterocycles. The minimum atomic E-state index is -1.47. The molecule has 1 aromatic carbocycles. The van der Waals surface area contributed by atoms with E-state index in [0.29, 0.717) is 5.41 Å². The SMILES string of the molecule is CC(C)C(C1=CC(C)(C)CC1)[Si](C)(C)c1ccccc1. The topological polar surface area (TPSA) is 0 Å². The lowest BCUT2D eigenvalue weighted by Crippen LogP contribution is -2.48. The minimum Gasteiger partial charge on any atom is -0.0796 e. The Hall–Kier alpha value is -0.823. The summed E-state index contributed by atoms with van der Waals surface area (Å²) in [5.41, 5.74) is 2.92. The first-order chi connectivity index (χ1) is 9.24. The molecule has 0 radical (unpaired) electrons. The molecule has 0 N–H and O–H groups in total. The van der Waals surface area contributed by atoms with E-state index in [2.05, 4.69) is 77.2 Å². The zero-order valence-electron chi connectivity index (χ0n) is 14.0. The first-order valence-electron chi connectivity index (χ1n) is 8.01. The summed E-state index contributed by atoms with van der Waals surface area (Å²) < 4.78 is 0. The van der Waals surface area contributed by atoms with Gasteiger partial charge in [-0.25, -0.2) is 0 Å². The van der Waals surface area contributed by atoms with E-state index in [9.17, 15) is 0 Å². The molecule has 0 fully saturated rings. The molecule has 0 saturated carbocycles. The third kappa shape index (κ3) is 3.08. The molecule has 1 heteroatoms. The van der Waals surface area contributed by atoms with Crippen LogP contribution < -0.4 is 5.19 Å². The molecule has 1 atom stereocenters. The van der Waals surface area contributed by atoms with E-state index >= 15 is 0 Å². The third-order valence-corrected chi connectivity index (χ3v) is 9.41. The molecular formula is C19H30Si. The Morgan fingerprint density at radius 1 is 1.05 bits per heavy atom. The highest BCUT2D eigenvalue weighted by Gasteiger charge is 2.40. The Morgan fingerprint density at radius 2 is 1.65 bits per heavy atom. The first kappa shape index (κ1) is 15.6. The van der Waals surface area contributed by atoms with Crippen LogP contribution in [0.25, 0.3) is 0 Å². The van der Waals surface area contributed by atoms with Gasteiger partial charge in [-0.15, -0.1) is 0 Å². The molecule has 0 bridgehead atoms. The predicted octanol–water partition coefficient (Wildman–Crippen LogP) is 5.37. The van der Waals surface area contributed by atoms with Crippen LogP contribution >= 0.6 is 0 Å². The van der Waals surface area contributed by atoms with Crippen LogP contribution in [0, 0.1) is 11.3 Å². The van der Waals surface area contributed by atoms with Gasteiger partial charge in [0, 0.05) is 0 Å². The summed E-state index contributed by atoms with van der Waals surface area (Å²) in [6, 6.07) is 11.2. The second-order valence-electron chi connectivity index (χ2n) is 8.02. The van der Waals surface area contributed by atoms with Gasteiger partial charge in [0.2, 0.25) is 0 Å². The predicted molar refractivity (Wildman–Crippen MR) is 93.2 cm³/mol. The van der Waals surface area contributed by atoms with Crippen LogP contribution in [-0.2, 0) is 0 Å². The van der Waals surface area contributed by atoms with E-state index in [-0.39, 0.29) is 0 Å². The fourth-order valence-corrected chi connectivity index (χ4v) is 8.36. The van der Waals surface area contributed by atoms with Crippen molar-refractivity contribution in [2.45, 2.75) is 59.2 Å². The van der Waals surface area contributed by atoms with Gasteiger partial charge < -0.3 is 0 Å². The van der Waals surface area contributed by atoms with Crippen molar-refractivity contribution in [3.63, 3.8) is 0 Å². The summed E-state index contributed by atoms with van der Waals surface area (Å²) in [7, 11) is -1.47. The average molecular weight is 287 g/mol. The van der Waals surface area contributed by atoms with Gasteiger partial charge in [-0.2, -0.15) is 0 Å². The summed E-state index contributed by atoms with van der Waals surface area (Å²) >= 11 is 0. The van der Waals surface area contributed by atoms with Crippen molar-refractivity contribution in [3.8, 4) is 0 Å². The Bertz CT molecular complexity index is 480. The van der Waals surface area contributed by atoms with Crippen LogP contribution in [0.15, 0.2) is 42.0 Å². The lowest BCUT2D eigenvalue weighted by atomic mass is 9.94. The van der Waals surface area contributed by atoms with Crippen molar-refractivity contribution in [1.29, 1.82) is 0 Å². The molecule has 1 unspecified atom stereocenters. The fraction of sp³-hybridized carbons (Fsp3) is 0.579. The second-order valence-corrected chi connectivity index (χ2v) is 12.7. The highest BCUT2D eigenvalue weighted by molar-refractivity contribution is 6.91. The standard InChI is InChI=1S/C19H30Si/c1-15(2)18(16-12-13-19(3,4)14-16)20(5,6)17-10-8-7-9-11-17/h7-11,14-15,18H,12-13H2,1-6H3. The van der Waals surface area contributed by atoms with Crippen LogP contribution in [0.4, 0.5) is 0 Å². The molecule has 0 nitrogen and oxygen atoms in total. The maximum atomic E-state index is 2.59. The summed E-state index contributed by atoms with van der Waals surface area (Å²) in [4.78, 5) is 0. The third-order valence-electron chi connectivity index (χ3n) is 5.00. The van der Waals surface area contributed by atoms with E-state index in [1.165, 1.54) is 12.8 Å². The molecule has 0 heterocycles. The molecule has 0 spiro atoms. The average Bonchev–Trinajstić information content (AvgIpc) is 2.69. The zero-order valence-corrected chi connectivity index (χ0v) is 15.0. The Balaban J connectivity index is 2.39. The number of rotatable bonds is 4. The molecule has 1 aromatic rings. The zero-order chi connectivity index (χ0) is 15.0. The van der Waals surface area contributed by atoms with Gasteiger partial charge in [-0.05, 0) is 29.7 Å². The first-order valence-corrected chi connectivity index (χ1v) is 11.1. The van der Waals surface area contributed by atoms with Gasteiger partial charge in [0.15, 0.2) is 0 Å². The van der Waals surface area contributed by atoms with Crippen LogP contribution in [0.2, 0.25) is 18.6 Å². The molecule has 0 aromatic heterocycles. The van der Waals surface area contributed by atoms with Crippen LogP contribution in [0.5, 0.6) is 0 Å². The molecule has 2 rings (SSSR count).